The van der Waals surface area contributed by atoms with Gasteiger partial charge in [-0.15, -0.1) is 0 Å². The van der Waals surface area contributed by atoms with Gasteiger partial charge in [0.15, 0.2) is 0 Å². The van der Waals surface area contributed by atoms with Crippen molar-refractivity contribution in [3.63, 3.8) is 0 Å². The second-order valence-electron chi connectivity index (χ2n) is 4.87. The Balaban J connectivity index is 1.68. The molecule has 0 unspecified atom stereocenters. The van der Waals surface area contributed by atoms with Gasteiger partial charge in [-0.1, -0.05) is 12.8 Å². The minimum absolute atomic E-state index is 0.0146. The van der Waals surface area contributed by atoms with E-state index in [4.69, 9.17) is 0 Å². The summed E-state index contributed by atoms with van der Waals surface area (Å²) in [5, 5.41) is 7.34. The molecule has 1 aromatic heterocycles. The number of hydrogen-bond acceptors (Lipinski definition) is 2. The van der Waals surface area contributed by atoms with E-state index in [2.05, 4.69) is 10.4 Å². The highest BCUT2D eigenvalue weighted by atomic mass is 16.2. The predicted octanol–water partition coefficient (Wildman–Crippen LogP) is 1.89. The maximum absolute atomic E-state index is 11.7. The summed E-state index contributed by atoms with van der Waals surface area (Å²) in [5.74, 6) is -0.0146. The highest BCUT2D eigenvalue weighted by Crippen LogP contribution is 2.28. The Labute approximate surface area is 95.0 Å². The minimum Gasteiger partial charge on any atom is -0.348 e. The van der Waals surface area contributed by atoms with E-state index in [1.807, 2.05) is 16.9 Å². The third-order valence-electron chi connectivity index (χ3n) is 3.45. The number of carbonyl (C=O) groups excluding carboxylic acids is 1. The fourth-order valence-electron chi connectivity index (χ4n) is 2.32. The third-order valence-corrected chi connectivity index (χ3v) is 3.45. The molecule has 1 N–H and O–H groups in total. The Morgan fingerprint density at radius 1 is 1.31 bits per heavy atom. The van der Waals surface area contributed by atoms with E-state index in [1.165, 1.54) is 25.7 Å². The average Bonchev–Trinajstić information content (AvgIpc) is 2.84. The Hall–Kier alpha value is -1.32. The second-order valence-corrected chi connectivity index (χ2v) is 4.87. The van der Waals surface area contributed by atoms with Gasteiger partial charge >= 0.3 is 0 Å². The highest BCUT2D eigenvalue weighted by molar-refractivity contribution is 5.92. The molecular formula is C12H17N3O. The van der Waals surface area contributed by atoms with Gasteiger partial charge in [-0.05, 0) is 31.7 Å². The monoisotopic (exact) mass is 219 g/mol. The average molecular weight is 219 g/mol. The van der Waals surface area contributed by atoms with Gasteiger partial charge in [0.25, 0.3) is 5.91 Å². The summed E-state index contributed by atoms with van der Waals surface area (Å²) in [6.07, 6.45) is 9.15. The van der Waals surface area contributed by atoms with Crippen LogP contribution < -0.4 is 5.32 Å². The molecule has 4 nitrogen and oxygen atoms in total. The molecule has 1 aromatic rings. The fraction of sp³-hybridized carbons (Fsp3) is 0.667. The predicted molar refractivity (Wildman–Crippen MR) is 60.2 cm³/mol. The number of nitrogens with one attached hydrogen (secondary N) is 1. The van der Waals surface area contributed by atoms with Crippen LogP contribution in [-0.4, -0.2) is 21.7 Å². The van der Waals surface area contributed by atoms with Crippen molar-refractivity contribution < 1.29 is 4.79 Å². The molecule has 2 aliphatic carbocycles. The normalized spacial score (nSPS) is 21.2. The molecule has 0 spiro atoms. The summed E-state index contributed by atoms with van der Waals surface area (Å²) in [7, 11) is 0. The summed E-state index contributed by atoms with van der Waals surface area (Å²) < 4.78 is 1.97. The van der Waals surface area contributed by atoms with Crippen LogP contribution >= 0.6 is 0 Å². The number of rotatable bonds is 3. The molecule has 0 aromatic carbocycles. The van der Waals surface area contributed by atoms with Crippen LogP contribution in [-0.2, 0) is 0 Å². The summed E-state index contributed by atoms with van der Waals surface area (Å²) >= 11 is 0. The molecule has 3 rings (SSSR count). The van der Waals surface area contributed by atoms with Crippen molar-refractivity contribution in [1.82, 2.24) is 15.1 Å². The van der Waals surface area contributed by atoms with E-state index in [1.54, 1.807) is 0 Å². The van der Waals surface area contributed by atoms with E-state index < -0.39 is 0 Å². The van der Waals surface area contributed by atoms with Crippen molar-refractivity contribution in [3.8, 4) is 0 Å². The Morgan fingerprint density at radius 3 is 2.75 bits per heavy atom. The summed E-state index contributed by atoms with van der Waals surface area (Å²) in [5.41, 5.74) is 0.568. The molecule has 0 atom stereocenters. The first-order chi connectivity index (χ1) is 7.83. The zero-order chi connectivity index (χ0) is 11.0. The summed E-state index contributed by atoms with van der Waals surface area (Å²) in [6.45, 7) is 0. The lowest BCUT2D eigenvalue weighted by Gasteiger charge is -2.08. The van der Waals surface area contributed by atoms with Crippen molar-refractivity contribution in [3.05, 3.63) is 18.0 Å². The van der Waals surface area contributed by atoms with Crippen LogP contribution in [0.25, 0.3) is 0 Å². The Bertz CT molecular complexity index is 389. The van der Waals surface area contributed by atoms with Gasteiger partial charge in [-0.2, -0.15) is 5.10 Å². The number of hydrogen-bond donors (Lipinski definition) is 1. The van der Waals surface area contributed by atoms with E-state index >= 15 is 0 Å². The zero-order valence-corrected chi connectivity index (χ0v) is 9.35. The molecule has 0 saturated heterocycles. The van der Waals surface area contributed by atoms with E-state index in [0.29, 0.717) is 17.8 Å². The molecule has 0 bridgehead atoms. The molecular weight excluding hydrogens is 202 g/mol. The molecule has 2 aliphatic rings. The third kappa shape index (κ3) is 1.96. The quantitative estimate of drug-likeness (QED) is 0.843. The molecule has 2 fully saturated rings. The SMILES string of the molecule is O=C(NC1CC1)c1ccn(C2CCCC2)n1. The molecule has 4 heteroatoms. The molecule has 86 valence electrons. The van der Waals surface area contributed by atoms with Crippen molar-refractivity contribution >= 4 is 5.91 Å². The highest BCUT2D eigenvalue weighted by Gasteiger charge is 2.25. The first-order valence-corrected chi connectivity index (χ1v) is 6.19. The Morgan fingerprint density at radius 2 is 2.06 bits per heavy atom. The van der Waals surface area contributed by atoms with Gasteiger partial charge in [0.05, 0.1) is 6.04 Å². The summed E-state index contributed by atoms with van der Waals surface area (Å²) in [4.78, 5) is 11.7. The molecule has 2 saturated carbocycles. The van der Waals surface area contributed by atoms with Gasteiger partial charge < -0.3 is 5.32 Å². The lowest BCUT2D eigenvalue weighted by atomic mass is 10.3. The standard InChI is InChI=1S/C12H17N3O/c16-12(13-9-5-6-9)11-7-8-15(14-11)10-3-1-2-4-10/h7-10H,1-6H2,(H,13,16). The van der Waals surface area contributed by atoms with Crippen molar-refractivity contribution in [2.45, 2.75) is 50.6 Å². The van der Waals surface area contributed by atoms with Crippen molar-refractivity contribution in [2.24, 2.45) is 0 Å². The zero-order valence-electron chi connectivity index (χ0n) is 9.35. The fourth-order valence-corrected chi connectivity index (χ4v) is 2.32. The van der Waals surface area contributed by atoms with Crippen LogP contribution in [0.15, 0.2) is 12.3 Å². The minimum atomic E-state index is -0.0146. The van der Waals surface area contributed by atoms with Gasteiger partial charge in [0.1, 0.15) is 5.69 Å². The maximum Gasteiger partial charge on any atom is 0.271 e. The van der Waals surface area contributed by atoms with Crippen LogP contribution in [0.1, 0.15) is 55.1 Å². The lowest BCUT2D eigenvalue weighted by Crippen LogP contribution is -2.26. The smallest absolute Gasteiger partial charge is 0.271 e. The number of carbonyl (C=O) groups is 1. The van der Waals surface area contributed by atoms with Gasteiger partial charge in [-0.25, -0.2) is 0 Å². The molecule has 0 radical (unpaired) electrons. The van der Waals surface area contributed by atoms with Gasteiger partial charge in [0.2, 0.25) is 0 Å². The van der Waals surface area contributed by atoms with Crippen LogP contribution in [0.4, 0.5) is 0 Å². The van der Waals surface area contributed by atoms with Crippen molar-refractivity contribution in [1.29, 1.82) is 0 Å². The van der Waals surface area contributed by atoms with Crippen LogP contribution in [0, 0.1) is 0 Å². The molecule has 16 heavy (non-hydrogen) atoms. The van der Waals surface area contributed by atoms with Crippen LogP contribution in [0.2, 0.25) is 0 Å². The largest absolute Gasteiger partial charge is 0.348 e. The maximum atomic E-state index is 11.7. The topological polar surface area (TPSA) is 46.9 Å². The first-order valence-electron chi connectivity index (χ1n) is 6.19. The van der Waals surface area contributed by atoms with Crippen LogP contribution in [0.3, 0.4) is 0 Å². The van der Waals surface area contributed by atoms with Gasteiger partial charge in [-0.3, -0.25) is 9.48 Å². The number of amides is 1. The summed E-state index contributed by atoms with van der Waals surface area (Å²) in [6, 6.07) is 2.75. The number of aromatic nitrogens is 2. The first kappa shape index (κ1) is 9.87. The molecule has 0 aliphatic heterocycles. The second kappa shape index (κ2) is 3.92. The van der Waals surface area contributed by atoms with E-state index in [9.17, 15) is 4.79 Å². The van der Waals surface area contributed by atoms with E-state index in [0.717, 1.165) is 12.8 Å². The number of nitrogens with zero attached hydrogens (tertiary/aromatic N) is 2. The van der Waals surface area contributed by atoms with Crippen LogP contribution in [0.5, 0.6) is 0 Å². The Kier molecular flexibility index (Phi) is 2.42. The molecule has 1 heterocycles. The van der Waals surface area contributed by atoms with Gasteiger partial charge in [0, 0.05) is 12.2 Å². The van der Waals surface area contributed by atoms with E-state index in [-0.39, 0.29) is 5.91 Å². The molecule has 1 amide bonds. The van der Waals surface area contributed by atoms with Crippen molar-refractivity contribution in [2.75, 3.05) is 0 Å². The lowest BCUT2D eigenvalue weighted by molar-refractivity contribution is 0.0945.